The maximum absolute atomic E-state index is 12.1. The molecule has 9 nitrogen and oxygen atoms in total. The number of hydrogen-bond acceptors (Lipinski definition) is 6. The molecule has 120 valence electrons. The van der Waals surface area contributed by atoms with Crippen molar-refractivity contribution in [2.24, 2.45) is 4.99 Å². The molecule has 0 aliphatic carbocycles. The Hall–Kier alpha value is -1.33. The third kappa shape index (κ3) is 4.58. The third-order valence-electron chi connectivity index (χ3n) is 2.17. The van der Waals surface area contributed by atoms with Crippen LogP contribution in [0.4, 0.5) is 9.59 Å². The van der Waals surface area contributed by atoms with Crippen LogP contribution in [0.3, 0.4) is 0 Å². The summed E-state index contributed by atoms with van der Waals surface area (Å²) < 4.78 is 29.2. The summed E-state index contributed by atoms with van der Waals surface area (Å²) in [5, 5.41) is 0.728. The van der Waals surface area contributed by atoms with Crippen LogP contribution in [-0.2, 0) is 14.8 Å². The van der Waals surface area contributed by atoms with E-state index < -0.39 is 28.3 Å². The fourth-order valence-corrected chi connectivity index (χ4v) is 3.45. The fraction of sp³-hybridized carbons (Fsp3) is 0.700. The summed E-state index contributed by atoms with van der Waals surface area (Å²) in [6, 6.07) is -0.602. The lowest BCUT2D eigenvalue weighted by atomic mass is 10.5. The molecule has 1 fully saturated rings. The number of amides is 3. The molecule has 0 bridgehead atoms. The second-order valence-corrected chi connectivity index (χ2v) is 7.47. The van der Waals surface area contributed by atoms with Crippen LogP contribution in [0.2, 0.25) is 0 Å². The summed E-state index contributed by atoms with van der Waals surface area (Å²) in [5.74, 6) is -0.0500. The van der Waals surface area contributed by atoms with Crippen molar-refractivity contribution in [3.05, 3.63) is 0 Å². The highest BCUT2D eigenvalue weighted by Crippen LogP contribution is 2.26. The number of nitrogens with zero attached hydrogens (tertiary/aromatic N) is 4. The van der Waals surface area contributed by atoms with Crippen molar-refractivity contribution in [2.75, 3.05) is 26.2 Å². The van der Waals surface area contributed by atoms with Crippen molar-refractivity contribution in [2.45, 2.75) is 20.0 Å². The Morgan fingerprint density at radius 2 is 1.95 bits per heavy atom. The van der Waals surface area contributed by atoms with Gasteiger partial charge in [-0.3, -0.25) is 0 Å². The zero-order valence-corrected chi connectivity index (χ0v) is 14.1. The van der Waals surface area contributed by atoms with Crippen LogP contribution in [0.15, 0.2) is 4.99 Å². The molecule has 0 atom stereocenters. The lowest BCUT2D eigenvalue weighted by molar-refractivity contribution is 0.0634. The van der Waals surface area contributed by atoms with Crippen molar-refractivity contribution >= 4 is 39.1 Å². The van der Waals surface area contributed by atoms with Crippen molar-refractivity contribution < 1.29 is 22.7 Å². The van der Waals surface area contributed by atoms with Gasteiger partial charge in [0.1, 0.15) is 0 Å². The van der Waals surface area contributed by atoms with E-state index in [9.17, 15) is 18.0 Å². The quantitative estimate of drug-likeness (QED) is 0.737. The van der Waals surface area contributed by atoms with Gasteiger partial charge in [-0.15, -0.1) is 0 Å². The van der Waals surface area contributed by atoms with E-state index >= 15 is 0 Å². The minimum absolute atomic E-state index is 0.0372. The van der Waals surface area contributed by atoms with Gasteiger partial charge in [-0.05, 0) is 13.8 Å². The number of urea groups is 1. The molecule has 11 heteroatoms. The molecule has 0 aromatic carbocycles. The highest BCUT2D eigenvalue weighted by atomic mass is 32.2. The highest BCUT2D eigenvalue weighted by molar-refractivity contribution is 8.14. The number of carbonyl (C=O) groups is 2. The predicted molar refractivity (Wildman–Crippen MR) is 79.1 cm³/mol. The van der Waals surface area contributed by atoms with E-state index in [0.29, 0.717) is 0 Å². The predicted octanol–water partition coefficient (Wildman–Crippen LogP) is 0.752. The Balaban J connectivity index is 3.15. The topological polar surface area (TPSA) is 99.6 Å². The van der Waals surface area contributed by atoms with Crippen LogP contribution in [0, 0.1) is 0 Å². The molecule has 0 spiro atoms. The largest absolute Gasteiger partial charge is 0.445 e. The van der Waals surface area contributed by atoms with Gasteiger partial charge in [0, 0.05) is 14.1 Å². The van der Waals surface area contributed by atoms with Crippen molar-refractivity contribution in [1.29, 1.82) is 0 Å². The number of carbonyl (C=O) groups excluding carboxylic acids is 2. The smallest absolute Gasteiger partial charge is 0.432 e. The minimum atomic E-state index is -3.69. The highest BCUT2D eigenvalue weighted by Gasteiger charge is 2.41. The van der Waals surface area contributed by atoms with Gasteiger partial charge in [-0.25, -0.2) is 18.0 Å². The molecule has 1 aliphatic heterocycles. The fourth-order valence-electron chi connectivity index (χ4n) is 1.25. The zero-order chi connectivity index (χ0) is 16.4. The standard InChI is InChI=1S/C10H18N4O5S2/c1-7(2)19-10(16)14-9(11-8(15)12(3)4)20-6-13(14)21(5,17)18/h7H,6H2,1-5H3. The molecule has 0 radical (unpaired) electrons. The Morgan fingerprint density at radius 1 is 1.38 bits per heavy atom. The van der Waals surface area contributed by atoms with Crippen LogP contribution in [0.1, 0.15) is 13.8 Å². The molecule has 0 unspecified atom stereocenters. The Bertz CT molecular complexity index is 558. The zero-order valence-electron chi connectivity index (χ0n) is 12.4. The van der Waals surface area contributed by atoms with Crippen molar-refractivity contribution in [3.63, 3.8) is 0 Å². The minimum Gasteiger partial charge on any atom is -0.445 e. The number of hydrazine groups is 1. The number of aliphatic imine (C=N–C) groups is 1. The summed E-state index contributed by atoms with van der Waals surface area (Å²) in [7, 11) is -0.695. The molecule has 0 N–H and O–H groups in total. The van der Waals surface area contributed by atoms with E-state index in [1.807, 2.05) is 0 Å². The van der Waals surface area contributed by atoms with Gasteiger partial charge in [0.2, 0.25) is 10.0 Å². The molecular weight excluding hydrogens is 320 g/mol. The summed E-state index contributed by atoms with van der Waals surface area (Å²) in [6.07, 6.45) is -0.374. The van der Waals surface area contributed by atoms with Gasteiger partial charge in [-0.1, -0.05) is 16.2 Å². The van der Waals surface area contributed by atoms with Crippen molar-refractivity contribution in [1.82, 2.24) is 14.3 Å². The van der Waals surface area contributed by atoms with E-state index in [1.54, 1.807) is 13.8 Å². The average Bonchev–Trinajstić information content (AvgIpc) is 2.71. The normalized spacial score (nSPS) is 18.4. The maximum atomic E-state index is 12.1. The number of sulfonamides is 1. The van der Waals surface area contributed by atoms with Crippen molar-refractivity contribution in [3.8, 4) is 0 Å². The molecule has 0 aromatic rings. The van der Waals surface area contributed by atoms with Gasteiger partial charge >= 0.3 is 12.1 Å². The molecular formula is C10H18N4O5S2. The molecule has 21 heavy (non-hydrogen) atoms. The Morgan fingerprint density at radius 3 is 2.38 bits per heavy atom. The molecule has 0 aromatic heterocycles. The van der Waals surface area contributed by atoms with Gasteiger partial charge in [0.05, 0.1) is 18.2 Å². The van der Waals surface area contributed by atoms with Crippen LogP contribution >= 0.6 is 11.8 Å². The molecule has 0 saturated carbocycles. The van der Waals surface area contributed by atoms with Crippen LogP contribution in [0.5, 0.6) is 0 Å². The Labute approximate surface area is 127 Å². The van der Waals surface area contributed by atoms with Crippen LogP contribution in [0.25, 0.3) is 0 Å². The first-order chi connectivity index (χ1) is 9.54. The number of ether oxygens (including phenoxy) is 1. The first-order valence-electron chi connectivity index (χ1n) is 5.95. The van der Waals surface area contributed by atoms with Crippen LogP contribution < -0.4 is 0 Å². The van der Waals surface area contributed by atoms with E-state index in [2.05, 4.69) is 4.99 Å². The summed E-state index contributed by atoms with van der Waals surface area (Å²) in [5.41, 5.74) is 0. The summed E-state index contributed by atoms with van der Waals surface area (Å²) in [4.78, 5) is 28.6. The first kappa shape index (κ1) is 17.7. The Kier molecular flexibility index (Phi) is 5.59. The number of hydrogen-bond donors (Lipinski definition) is 0. The number of amidine groups is 1. The van der Waals surface area contributed by atoms with Crippen LogP contribution in [-0.4, -0.2) is 72.4 Å². The number of rotatable bonds is 2. The van der Waals surface area contributed by atoms with E-state index in [1.165, 1.54) is 19.0 Å². The van der Waals surface area contributed by atoms with E-state index in [4.69, 9.17) is 4.74 Å². The van der Waals surface area contributed by atoms with Gasteiger partial charge in [0.15, 0.2) is 5.17 Å². The molecule has 3 amide bonds. The summed E-state index contributed by atoms with van der Waals surface area (Å²) in [6.45, 7) is 3.27. The number of thioether (sulfide) groups is 1. The maximum Gasteiger partial charge on any atom is 0.432 e. The monoisotopic (exact) mass is 338 g/mol. The van der Waals surface area contributed by atoms with Gasteiger partial charge < -0.3 is 9.64 Å². The van der Waals surface area contributed by atoms with Gasteiger partial charge in [-0.2, -0.15) is 10.0 Å². The average molecular weight is 338 g/mol. The second kappa shape index (κ2) is 6.62. The first-order valence-corrected chi connectivity index (χ1v) is 8.78. The molecule has 1 rings (SSSR count). The summed E-state index contributed by atoms with van der Waals surface area (Å²) >= 11 is 0.961. The van der Waals surface area contributed by atoms with Gasteiger partial charge in [0.25, 0.3) is 0 Å². The second-order valence-electron chi connectivity index (χ2n) is 4.67. The van der Waals surface area contributed by atoms with E-state index in [-0.39, 0.29) is 11.0 Å². The van der Waals surface area contributed by atoms with E-state index in [0.717, 1.165) is 27.4 Å². The lowest BCUT2D eigenvalue weighted by Crippen LogP contribution is -2.47. The SMILES string of the molecule is CC(C)OC(=O)N1C(=NC(=O)N(C)C)SCN1S(C)(=O)=O. The third-order valence-corrected chi connectivity index (χ3v) is 4.29. The molecule has 1 saturated heterocycles. The molecule has 1 aliphatic rings. The lowest BCUT2D eigenvalue weighted by Gasteiger charge is -2.24. The molecule has 1 heterocycles.